The van der Waals surface area contributed by atoms with E-state index in [4.69, 9.17) is 4.74 Å². The molecule has 0 unspecified atom stereocenters. The number of nitrogens with one attached hydrogen (secondary N) is 1. The van der Waals surface area contributed by atoms with E-state index in [1.165, 1.54) is 0 Å². The molecule has 0 saturated heterocycles. The van der Waals surface area contributed by atoms with E-state index in [-0.39, 0.29) is 6.61 Å². The molecule has 1 amide bonds. The Balaban J connectivity index is 1.51. The molecule has 0 saturated carbocycles. The molecule has 28 heavy (non-hydrogen) atoms. The highest BCUT2D eigenvalue weighted by molar-refractivity contribution is 14.1. The van der Waals surface area contributed by atoms with Gasteiger partial charge in [0.1, 0.15) is 0 Å². The van der Waals surface area contributed by atoms with Crippen LogP contribution < -0.4 is 5.32 Å². The van der Waals surface area contributed by atoms with Gasteiger partial charge in [-0.15, -0.1) is 0 Å². The van der Waals surface area contributed by atoms with E-state index in [9.17, 15) is 9.59 Å². The second-order valence-corrected chi connectivity index (χ2v) is 6.85. The highest BCUT2D eigenvalue weighted by Gasteiger charge is 2.12. The summed E-state index contributed by atoms with van der Waals surface area (Å²) in [7, 11) is 0. The molecule has 0 bridgehead atoms. The first kappa shape index (κ1) is 19.7. The minimum absolute atomic E-state index is 0.362. The monoisotopic (exact) mass is 485 g/mol. The lowest BCUT2D eigenvalue weighted by atomic mass is 10.2. The standard InChI is InChI=1S/C21H16IN3O3/c22-19-9-5-4-8-18(19)21(27)28-14-20(26)23-15-10-12-17(13-11-15)25-24-16-6-2-1-3-7-16/h1-13H,14H2,(H,23,26). The van der Waals surface area contributed by atoms with Gasteiger partial charge in [-0.25, -0.2) is 4.79 Å². The second kappa shape index (κ2) is 9.75. The van der Waals surface area contributed by atoms with E-state index in [1.54, 1.807) is 42.5 Å². The third-order valence-corrected chi connectivity index (χ3v) is 4.56. The number of amides is 1. The van der Waals surface area contributed by atoms with Crippen LogP contribution in [0.3, 0.4) is 0 Å². The normalized spacial score (nSPS) is 10.6. The van der Waals surface area contributed by atoms with Gasteiger partial charge in [0.15, 0.2) is 6.61 Å². The summed E-state index contributed by atoms with van der Waals surface area (Å²) in [6.45, 7) is -0.362. The lowest BCUT2D eigenvalue weighted by molar-refractivity contribution is -0.119. The van der Waals surface area contributed by atoms with Crippen LogP contribution in [-0.4, -0.2) is 18.5 Å². The van der Waals surface area contributed by atoms with Gasteiger partial charge in [-0.3, -0.25) is 4.79 Å². The molecule has 0 aromatic heterocycles. The number of anilines is 1. The fourth-order valence-electron chi connectivity index (χ4n) is 2.25. The van der Waals surface area contributed by atoms with Gasteiger partial charge < -0.3 is 10.1 Å². The van der Waals surface area contributed by atoms with Crippen molar-refractivity contribution in [3.05, 3.63) is 88.0 Å². The molecule has 1 N–H and O–H groups in total. The Morgan fingerprint density at radius 3 is 2.11 bits per heavy atom. The Morgan fingerprint density at radius 2 is 1.43 bits per heavy atom. The second-order valence-electron chi connectivity index (χ2n) is 5.69. The van der Waals surface area contributed by atoms with Crippen molar-refractivity contribution in [2.24, 2.45) is 10.2 Å². The van der Waals surface area contributed by atoms with Crippen LogP contribution >= 0.6 is 22.6 Å². The molecule has 0 heterocycles. The number of esters is 1. The van der Waals surface area contributed by atoms with E-state index in [2.05, 4.69) is 15.5 Å². The summed E-state index contributed by atoms with van der Waals surface area (Å²) in [4.78, 5) is 24.0. The Hall–Kier alpha value is -3.07. The Bertz CT molecular complexity index is 989. The highest BCUT2D eigenvalue weighted by Crippen LogP contribution is 2.20. The first-order chi connectivity index (χ1) is 13.6. The zero-order valence-corrected chi connectivity index (χ0v) is 16.9. The summed E-state index contributed by atoms with van der Waals surface area (Å²) in [5.41, 5.74) is 2.43. The molecule has 0 aliphatic rings. The minimum atomic E-state index is -0.531. The van der Waals surface area contributed by atoms with E-state index < -0.39 is 11.9 Å². The van der Waals surface area contributed by atoms with Crippen molar-refractivity contribution in [2.75, 3.05) is 11.9 Å². The van der Waals surface area contributed by atoms with E-state index in [0.29, 0.717) is 16.9 Å². The maximum atomic E-state index is 12.0. The summed E-state index contributed by atoms with van der Waals surface area (Å²) in [6, 6.07) is 23.3. The number of benzene rings is 3. The average Bonchev–Trinajstić information content (AvgIpc) is 2.72. The summed E-state index contributed by atoms with van der Waals surface area (Å²) in [6.07, 6.45) is 0. The molecule has 0 fully saturated rings. The molecule has 0 spiro atoms. The number of rotatable bonds is 6. The number of carbonyl (C=O) groups excluding carboxylic acids is 2. The summed E-state index contributed by atoms with van der Waals surface area (Å²) < 4.78 is 5.83. The fraction of sp³-hybridized carbons (Fsp3) is 0.0476. The zero-order valence-electron chi connectivity index (χ0n) is 14.7. The summed E-state index contributed by atoms with van der Waals surface area (Å²) >= 11 is 2.05. The third-order valence-electron chi connectivity index (χ3n) is 3.62. The van der Waals surface area contributed by atoms with Crippen molar-refractivity contribution < 1.29 is 14.3 Å². The van der Waals surface area contributed by atoms with Crippen LogP contribution in [0.2, 0.25) is 0 Å². The van der Waals surface area contributed by atoms with Gasteiger partial charge >= 0.3 is 5.97 Å². The van der Waals surface area contributed by atoms with Crippen molar-refractivity contribution in [2.45, 2.75) is 0 Å². The number of halogens is 1. The highest BCUT2D eigenvalue weighted by atomic mass is 127. The van der Waals surface area contributed by atoms with Crippen LogP contribution in [0, 0.1) is 3.57 Å². The maximum Gasteiger partial charge on any atom is 0.339 e. The molecular formula is C21H16IN3O3. The first-order valence-corrected chi connectivity index (χ1v) is 9.48. The molecule has 6 nitrogen and oxygen atoms in total. The van der Waals surface area contributed by atoms with Crippen LogP contribution in [0.4, 0.5) is 17.1 Å². The van der Waals surface area contributed by atoms with Crippen molar-refractivity contribution >= 4 is 51.5 Å². The quantitative estimate of drug-likeness (QED) is 0.285. The molecule has 3 aromatic carbocycles. The lowest BCUT2D eigenvalue weighted by Gasteiger charge is -2.07. The number of carbonyl (C=O) groups is 2. The number of hydrogen-bond acceptors (Lipinski definition) is 5. The molecule has 0 radical (unpaired) electrons. The van der Waals surface area contributed by atoms with Crippen LogP contribution in [0.25, 0.3) is 0 Å². The summed E-state index contributed by atoms with van der Waals surface area (Å²) in [5.74, 6) is -0.949. The Kier molecular flexibility index (Phi) is 6.85. The SMILES string of the molecule is O=C(COC(=O)c1ccccc1I)Nc1ccc(N=Nc2ccccc2)cc1. The fourth-order valence-corrected chi connectivity index (χ4v) is 2.86. The van der Waals surface area contributed by atoms with Gasteiger partial charge in [0.2, 0.25) is 0 Å². The first-order valence-electron chi connectivity index (χ1n) is 8.40. The number of ether oxygens (including phenoxy) is 1. The predicted molar refractivity (Wildman–Crippen MR) is 115 cm³/mol. The Labute approximate surface area is 175 Å². The molecule has 0 aliphatic heterocycles. The van der Waals surface area contributed by atoms with Crippen LogP contribution in [0.5, 0.6) is 0 Å². The van der Waals surface area contributed by atoms with Gasteiger partial charge in [0.05, 0.1) is 16.9 Å². The van der Waals surface area contributed by atoms with Crippen molar-refractivity contribution in [3.63, 3.8) is 0 Å². The van der Waals surface area contributed by atoms with Gasteiger partial charge in [-0.05, 0) is 71.1 Å². The average molecular weight is 485 g/mol. The van der Waals surface area contributed by atoms with E-state index in [1.807, 2.05) is 59.0 Å². The predicted octanol–water partition coefficient (Wildman–Crippen LogP) is 5.50. The number of azo groups is 1. The van der Waals surface area contributed by atoms with Crippen LogP contribution in [0.15, 0.2) is 89.1 Å². The van der Waals surface area contributed by atoms with Gasteiger partial charge in [-0.2, -0.15) is 10.2 Å². The molecule has 3 rings (SSSR count). The maximum absolute atomic E-state index is 12.0. The number of nitrogens with zero attached hydrogens (tertiary/aromatic N) is 2. The third kappa shape index (κ3) is 5.71. The smallest absolute Gasteiger partial charge is 0.339 e. The van der Waals surface area contributed by atoms with Gasteiger partial charge in [-0.1, -0.05) is 30.3 Å². The van der Waals surface area contributed by atoms with Gasteiger partial charge in [0, 0.05) is 9.26 Å². The molecule has 7 heteroatoms. The summed E-state index contributed by atoms with van der Waals surface area (Å²) in [5, 5.41) is 10.9. The molecule has 3 aromatic rings. The van der Waals surface area contributed by atoms with Crippen LogP contribution in [-0.2, 0) is 9.53 Å². The minimum Gasteiger partial charge on any atom is -0.452 e. The topological polar surface area (TPSA) is 80.1 Å². The van der Waals surface area contributed by atoms with Gasteiger partial charge in [0.25, 0.3) is 5.91 Å². The van der Waals surface area contributed by atoms with E-state index in [0.717, 1.165) is 9.26 Å². The lowest BCUT2D eigenvalue weighted by Crippen LogP contribution is -2.21. The van der Waals surface area contributed by atoms with Crippen LogP contribution in [0.1, 0.15) is 10.4 Å². The molecule has 0 atom stereocenters. The van der Waals surface area contributed by atoms with E-state index >= 15 is 0 Å². The zero-order chi connectivity index (χ0) is 19.8. The van der Waals surface area contributed by atoms with Crippen molar-refractivity contribution in [1.82, 2.24) is 0 Å². The molecule has 0 aliphatic carbocycles. The number of hydrogen-bond donors (Lipinski definition) is 1. The molecule has 140 valence electrons. The largest absolute Gasteiger partial charge is 0.452 e. The van der Waals surface area contributed by atoms with Crippen molar-refractivity contribution in [1.29, 1.82) is 0 Å². The van der Waals surface area contributed by atoms with Crippen molar-refractivity contribution in [3.8, 4) is 0 Å². The molecular weight excluding hydrogens is 469 g/mol. The Morgan fingerprint density at radius 1 is 0.821 bits per heavy atom.